The Bertz CT molecular complexity index is 326. The van der Waals surface area contributed by atoms with Gasteiger partial charge in [0, 0.05) is 24.9 Å². The van der Waals surface area contributed by atoms with E-state index in [1.165, 1.54) is 0 Å². The maximum absolute atomic E-state index is 10.3. The maximum atomic E-state index is 10.3. The number of carbonyl (C=O) groups is 1. The number of rotatable bonds is 4. The van der Waals surface area contributed by atoms with Gasteiger partial charge in [-0.3, -0.25) is 9.78 Å². The normalized spacial score (nSPS) is 12.4. The fourth-order valence-corrected chi connectivity index (χ4v) is 1.30. The first-order valence-corrected chi connectivity index (χ1v) is 4.49. The number of aliphatic carboxylic acids is 1. The van der Waals surface area contributed by atoms with Crippen LogP contribution in [0.25, 0.3) is 0 Å². The fourth-order valence-electron chi connectivity index (χ4n) is 1.30. The van der Waals surface area contributed by atoms with Crippen LogP contribution < -0.4 is 5.73 Å². The summed E-state index contributed by atoms with van der Waals surface area (Å²) < 4.78 is 0. The Balaban J connectivity index is 2.65. The molecule has 1 aromatic rings. The lowest BCUT2D eigenvalue weighted by molar-refractivity contribution is -0.137. The van der Waals surface area contributed by atoms with Gasteiger partial charge in [-0.1, -0.05) is 0 Å². The predicted octanol–water partition coefficient (Wildman–Crippen LogP) is 1.25. The first-order chi connectivity index (χ1) is 6.61. The molecule has 4 nitrogen and oxygen atoms in total. The third-order valence-electron chi connectivity index (χ3n) is 2.15. The van der Waals surface area contributed by atoms with Crippen molar-refractivity contribution in [3.63, 3.8) is 0 Å². The molecular weight excluding hydrogens is 180 g/mol. The summed E-state index contributed by atoms with van der Waals surface area (Å²) in [5.41, 5.74) is 7.82. The minimum atomic E-state index is -0.818. The molecule has 0 aliphatic carbocycles. The summed E-state index contributed by atoms with van der Waals surface area (Å²) in [6.45, 7) is 1.94. The molecule has 0 aliphatic heterocycles. The Labute approximate surface area is 82.8 Å². The summed E-state index contributed by atoms with van der Waals surface area (Å²) >= 11 is 0. The van der Waals surface area contributed by atoms with Gasteiger partial charge in [0.25, 0.3) is 0 Å². The largest absolute Gasteiger partial charge is 0.481 e. The molecule has 4 heteroatoms. The smallest absolute Gasteiger partial charge is 0.303 e. The first-order valence-electron chi connectivity index (χ1n) is 4.49. The van der Waals surface area contributed by atoms with Gasteiger partial charge in [0.15, 0.2) is 0 Å². The molecule has 14 heavy (non-hydrogen) atoms. The van der Waals surface area contributed by atoms with Crippen molar-refractivity contribution in [2.75, 3.05) is 0 Å². The van der Waals surface area contributed by atoms with Gasteiger partial charge in [-0.2, -0.15) is 0 Å². The highest BCUT2D eigenvalue weighted by Gasteiger charge is 2.10. The SMILES string of the molecule is Cc1ccncc1[C@H](N)CCC(=O)O. The highest BCUT2D eigenvalue weighted by atomic mass is 16.4. The third kappa shape index (κ3) is 2.81. The molecule has 0 saturated carbocycles. The first kappa shape index (κ1) is 10.7. The van der Waals surface area contributed by atoms with Gasteiger partial charge >= 0.3 is 5.97 Å². The predicted molar refractivity (Wildman–Crippen MR) is 52.8 cm³/mol. The Kier molecular flexibility index (Phi) is 3.59. The summed E-state index contributed by atoms with van der Waals surface area (Å²) in [5.74, 6) is -0.818. The average Bonchev–Trinajstić information content (AvgIpc) is 2.15. The van der Waals surface area contributed by atoms with Crippen molar-refractivity contribution in [3.8, 4) is 0 Å². The zero-order valence-corrected chi connectivity index (χ0v) is 8.10. The van der Waals surface area contributed by atoms with Crippen LogP contribution in [0, 0.1) is 6.92 Å². The zero-order chi connectivity index (χ0) is 10.6. The van der Waals surface area contributed by atoms with E-state index in [1.54, 1.807) is 12.4 Å². The standard InChI is InChI=1S/C10H14N2O2/c1-7-4-5-12-6-8(7)9(11)2-3-10(13)14/h4-6,9H,2-3,11H2,1H3,(H,13,14)/t9-/m1/s1. The van der Waals surface area contributed by atoms with E-state index in [-0.39, 0.29) is 12.5 Å². The Morgan fingerprint density at radius 1 is 1.71 bits per heavy atom. The van der Waals surface area contributed by atoms with E-state index in [0.717, 1.165) is 11.1 Å². The van der Waals surface area contributed by atoms with Crippen LogP contribution in [-0.4, -0.2) is 16.1 Å². The van der Waals surface area contributed by atoms with Crippen LogP contribution in [0.15, 0.2) is 18.5 Å². The number of nitrogens with two attached hydrogens (primary N) is 1. The molecule has 1 atom stereocenters. The summed E-state index contributed by atoms with van der Waals surface area (Å²) in [6, 6.07) is 1.63. The van der Waals surface area contributed by atoms with Crippen molar-refractivity contribution >= 4 is 5.97 Å². The number of carboxylic acid groups (broad SMARTS) is 1. The average molecular weight is 194 g/mol. The van der Waals surface area contributed by atoms with E-state index < -0.39 is 5.97 Å². The van der Waals surface area contributed by atoms with Gasteiger partial charge in [-0.15, -0.1) is 0 Å². The second kappa shape index (κ2) is 4.72. The molecule has 1 rings (SSSR count). The second-order valence-corrected chi connectivity index (χ2v) is 3.27. The Hall–Kier alpha value is -1.42. The van der Waals surface area contributed by atoms with Crippen molar-refractivity contribution in [2.24, 2.45) is 5.73 Å². The van der Waals surface area contributed by atoms with E-state index >= 15 is 0 Å². The molecule has 0 spiro atoms. The molecule has 0 saturated heterocycles. The number of nitrogens with zero attached hydrogens (tertiary/aromatic N) is 1. The number of hydrogen-bond donors (Lipinski definition) is 2. The van der Waals surface area contributed by atoms with Crippen molar-refractivity contribution in [1.29, 1.82) is 0 Å². The molecule has 0 aliphatic rings. The van der Waals surface area contributed by atoms with E-state index in [0.29, 0.717) is 6.42 Å². The lowest BCUT2D eigenvalue weighted by atomic mass is 10.0. The van der Waals surface area contributed by atoms with Crippen LogP contribution in [0.4, 0.5) is 0 Å². The molecule has 76 valence electrons. The molecule has 0 amide bonds. The molecule has 0 bridgehead atoms. The minimum Gasteiger partial charge on any atom is -0.481 e. The van der Waals surface area contributed by atoms with Gasteiger partial charge in [0.2, 0.25) is 0 Å². The lowest BCUT2D eigenvalue weighted by Gasteiger charge is -2.12. The fraction of sp³-hybridized carbons (Fsp3) is 0.400. The molecule has 0 fully saturated rings. The topological polar surface area (TPSA) is 76.2 Å². The van der Waals surface area contributed by atoms with Crippen LogP contribution in [-0.2, 0) is 4.79 Å². The van der Waals surface area contributed by atoms with E-state index in [9.17, 15) is 4.79 Å². The van der Waals surface area contributed by atoms with Crippen LogP contribution in [0.5, 0.6) is 0 Å². The number of carboxylic acids is 1. The van der Waals surface area contributed by atoms with Gasteiger partial charge in [-0.05, 0) is 30.5 Å². The second-order valence-electron chi connectivity index (χ2n) is 3.27. The minimum absolute atomic E-state index is 0.0928. The van der Waals surface area contributed by atoms with Crippen molar-refractivity contribution in [1.82, 2.24) is 4.98 Å². The summed E-state index contributed by atoms with van der Waals surface area (Å²) in [6.07, 6.45) is 3.93. The number of pyridine rings is 1. The number of hydrogen-bond acceptors (Lipinski definition) is 3. The van der Waals surface area contributed by atoms with Gasteiger partial charge in [-0.25, -0.2) is 0 Å². The third-order valence-corrected chi connectivity index (χ3v) is 2.15. The number of aryl methyl sites for hydroxylation is 1. The molecule has 0 radical (unpaired) electrons. The van der Waals surface area contributed by atoms with Gasteiger partial charge < -0.3 is 10.8 Å². The highest BCUT2D eigenvalue weighted by Crippen LogP contribution is 2.17. The lowest BCUT2D eigenvalue weighted by Crippen LogP contribution is -2.13. The summed E-state index contributed by atoms with van der Waals surface area (Å²) in [4.78, 5) is 14.3. The van der Waals surface area contributed by atoms with Gasteiger partial charge in [0.1, 0.15) is 0 Å². The molecule has 1 heterocycles. The van der Waals surface area contributed by atoms with Crippen molar-refractivity contribution in [2.45, 2.75) is 25.8 Å². The zero-order valence-electron chi connectivity index (χ0n) is 8.10. The Morgan fingerprint density at radius 2 is 2.43 bits per heavy atom. The van der Waals surface area contributed by atoms with E-state index in [4.69, 9.17) is 10.8 Å². The van der Waals surface area contributed by atoms with Crippen LogP contribution >= 0.6 is 0 Å². The maximum Gasteiger partial charge on any atom is 0.303 e. The van der Waals surface area contributed by atoms with E-state index in [1.807, 2.05) is 13.0 Å². The molecular formula is C10H14N2O2. The van der Waals surface area contributed by atoms with Crippen LogP contribution in [0.2, 0.25) is 0 Å². The molecule has 1 aromatic heterocycles. The van der Waals surface area contributed by atoms with Crippen molar-refractivity contribution in [3.05, 3.63) is 29.6 Å². The Morgan fingerprint density at radius 3 is 3.00 bits per heavy atom. The molecule has 3 N–H and O–H groups in total. The summed E-state index contributed by atoms with van der Waals surface area (Å²) in [7, 11) is 0. The van der Waals surface area contributed by atoms with Crippen LogP contribution in [0.1, 0.15) is 30.0 Å². The quantitative estimate of drug-likeness (QED) is 0.756. The molecule has 0 aromatic carbocycles. The monoisotopic (exact) mass is 194 g/mol. The van der Waals surface area contributed by atoms with E-state index in [2.05, 4.69) is 4.98 Å². The number of aromatic nitrogens is 1. The van der Waals surface area contributed by atoms with Crippen molar-refractivity contribution < 1.29 is 9.90 Å². The summed E-state index contributed by atoms with van der Waals surface area (Å²) in [5, 5.41) is 8.51. The van der Waals surface area contributed by atoms with Gasteiger partial charge in [0.05, 0.1) is 0 Å². The highest BCUT2D eigenvalue weighted by molar-refractivity contribution is 5.66. The van der Waals surface area contributed by atoms with Crippen LogP contribution in [0.3, 0.4) is 0 Å². The molecule has 0 unspecified atom stereocenters.